The van der Waals surface area contributed by atoms with Crippen LogP contribution in [0.4, 0.5) is 5.82 Å². The van der Waals surface area contributed by atoms with Crippen LogP contribution in [0.1, 0.15) is 38.4 Å². The van der Waals surface area contributed by atoms with Crippen molar-refractivity contribution >= 4 is 28.4 Å². The average molecular weight is 395 g/mol. The molecule has 0 saturated heterocycles. The van der Waals surface area contributed by atoms with Gasteiger partial charge in [0.15, 0.2) is 5.82 Å². The molecule has 0 aliphatic carbocycles. The quantitative estimate of drug-likeness (QED) is 0.721. The number of hydrogen-bond donors (Lipinski definition) is 1. The second-order valence-electron chi connectivity index (χ2n) is 4.95. The van der Waals surface area contributed by atoms with Gasteiger partial charge in [0.25, 0.3) is 0 Å². The first-order valence-corrected chi connectivity index (χ1v) is 8.67. The van der Waals surface area contributed by atoms with Gasteiger partial charge in [0.1, 0.15) is 5.82 Å². The summed E-state index contributed by atoms with van der Waals surface area (Å²) >= 11 is 2.35. The van der Waals surface area contributed by atoms with E-state index in [0.29, 0.717) is 0 Å². The van der Waals surface area contributed by atoms with Crippen LogP contribution in [0, 0.1) is 3.57 Å². The van der Waals surface area contributed by atoms with Gasteiger partial charge in [-0.15, -0.1) is 0 Å². The monoisotopic (exact) mass is 395 g/mol. The fourth-order valence-corrected chi connectivity index (χ4v) is 3.05. The molecule has 1 aromatic carbocycles. The minimum absolute atomic E-state index is 0.840. The number of aryl methyl sites for hydroxylation is 2. The molecular weight excluding hydrogens is 373 g/mol. The Hall–Kier alpha value is -1.17. The van der Waals surface area contributed by atoms with Crippen LogP contribution in [0.15, 0.2) is 24.3 Å². The lowest BCUT2D eigenvalue weighted by molar-refractivity contribution is 0.866. The van der Waals surface area contributed by atoms with Gasteiger partial charge in [-0.1, -0.05) is 44.5 Å². The molecule has 1 heterocycles. The summed E-state index contributed by atoms with van der Waals surface area (Å²) in [5.41, 5.74) is 3.58. The second-order valence-corrected chi connectivity index (χ2v) is 6.03. The third-order valence-corrected chi connectivity index (χ3v) is 4.52. The van der Waals surface area contributed by atoms with Gasteiger partial charge in [-0.25, -0.2) is 9.97 Å². The number of anilines is 1. The number of nitrogens with zero attached hydrogens (tertiary/aromatic N) is 2. The van der Waals surface area contributed by atoms with E-state index in [0.717, 1.165) is 52.3 Å². The van der Waals surface area contributed by atoms with E-state index in [1.165, 1.54) is 5.56 Å². The molecule has 1 N–H and O–H groups in total. The first-order valence-electron chi connectivity index (χ1n) is 7.59. The summed E-state index contributed by atoms with van der Waals surface area (Å²) in [4.78, 5) is 9.58. The zero-order valence-electron chi connectivity index (χ0n) is 12.9. The van der Waals surface area contributed by atoms with E-state index < -0.39 is 0 Å². The van der Waals surface area contributed by atoms with Gasteiger partial charge in [-0.3, -0.25) is 0 Å². The summed E-state index contributed by atoms with van der Waals surface area (Å²) in [5.74, 6) is 1.80. The average Bonchev–Trinajstić information content (AvgIpc) is 2.51. The highest BCUT2D eigenvalue weighted by Gasteiger charge is 2.14. The van der Waals surface area contributed by atoms with Crippen molar-refractivity contribution in [1.82, 2.24) is 9.97 Å². The van der Waals surface area contributed by atoms with E-state index in [4.69, 9.17) is 9.97 Å². The Balaban J connectivity index is 2.57. The number of benzene rings is 1. The van der Waals surface area contributed by atoms with E-state index >= 15 is 0 Å². The van der Waals surface area contributed by atoms with E-state index in [9.17, 15) is 0 Å². The normalized spacial score (nSPS) is 10.7. The van der Waals surface area contributed by atoms with Crippen molar-refractivity contribution in [3.8, 4) is 11.4 Å². The Morgan fingerprint density at radius 3 is 2.52 bits per heavy atom. The summed E-state index contributed by atoms with van der Waals surface area (Å²) in [7, 11) is 0. The van der Waals surface area contributed by atoms with E-state index in [1.807, 2.05) is 0 Å². The van der Waals surface area contributed by atoms with Crippen LogP contribution in [0.2, 0.25) is 0 Å². The van der Waals surface area contributed by atoms with E-state index in [2.05, 4.69) is 72.9 Å². The van der Waals surface area contributed by atoms with Gasteiger partial charge in [0.05, 0.1) is 9.26 Å². The fraction of sp³-hybridized carbons (Fsp3) is 0.412. The fourth-order valence-electron chi connectivity index (χ4n) is 2.35. The maximum absolute atomic E-state index is 4.83. The van der Waals surface area contributed by atoms with E-state index in [1.54, 1.807) is 0 Å². The van der Waals surface area contributed by atoms with Gasteiger partial charge in [0.2, 0.25) is 0 Å². The van der Waals surface area contributed by atoms with Crippen LogP contribution in [0.25, 0.3) is 11.4 Å². The molecule has 0 bridgehead atoms. The Kier molecular flexibility index (Phi) is 5.96. The Morgan fingerprint density at radius 1 is 1.10 bits per heavy atom. The highest BCUT2D eigenvalue weighted by Crippen LogP contribution is 2.27. The van der Waals surface area contributed by atoms with E-state index in [-0.39, 0.29) is 0 Å². The zero-order valence-corrected chi connectivity index (χ0v) is 15.1. The smallest absolute Gasteiger partial charge is 0.162 e. The number of aromatic nitrogens is 2. The predicted molar refractivity (Wildman–Crippen MR) is 97.7 cm³/mol. The lowest BCUT2D eigenvalue weighted by Crippen LogP contribution is -2.08. The van der Waals surface area contributed by atoms with Crippen LogP contribution in [0.5, 0.6) is 0 Å². The highest BCUT2D eigenvalue weighted by atomic mass is 127. The standard InChI is InChI=1S/C17H22IN3/c1-4-9-14-15(18)17(19-6-3)21-16(20-14)13-11-8-7-10-12(13)5-2/h7-8,10-11H,4-6,9H2,1-3H3,(H,19,20,21). The van der Waals surface area contributed by atoms with Gasteiger partial charge >= 0.3 is 0 Å². The molecule has 4 heteroatoms. The van der Waals surface area contributed by atoms with Crippen molar-refractivity contribution in [2.75, 3.05) is 11.9 Å². The molecule has 3 nitrogen and oxygen atoms in total. The molecule has 0 aliphatic heterocycles. The third-order valence-electron chi connectivity index (χ3n) is 3.39. The minimum Gasteiger partial charge on any atom is -0.369 e. The van der Waals surface area contributed by atoms with Crippen LogP contribution in [-0.4, -0.2) is 16.5 Å². The summed E-state index contributed by atoms with van der Waals surface area (Å²) < 4.78 is 1.15. The summed E-state index contributed by atoms with van der Waals surface area (Å²) in [5, 5.41) is 3.36. The number of hydrogen-bond acceptors (Lipinski definition) is 3. The van der Waals surface area contributed by atoms with Crippen LogP contribution in [-0.2, 0) is 12.8 Å². The Bertz CT molecular complexity index is 584. The first-order chi connectivity index (χ1) is 10.2. The molecule has 2 aromatic rings. The zero-order chi connectivity index (χ0) is 15.2. The minimum atomic E-state index is 0.840. The largest absolute Gasteiger partial charge is 0.369 e. The van der Waals surface area contributed by atoms with Crippen molar-refractivity contribution in [2.24, 2.45) is 0 Å². The molecule has 112 valence electrons. The first kappa shape index (κ1) is 16.2. The van der Waals surface area contributed by atoms with Gasteiger partial charge in [0, 0.05) is 12.1 Å². The second kappa shape index (κ2) is 7.73. The lowest BCUT2D eigenvalue weighted by atomic mass is 10.0. The number of rotatable bonds is 6. The summed E-state index contributed by atoms with van der Waals surface area (Å²) in [6, 6.07) is 8.41. The molecule has 0 spiro atoms. The van der Waals surface area contributed by atoms with Crippen LogP contribution < -0.4 is 5.32 Å². The Morgan fingerprint density at radius 2 is 1.86 bits per heavy atom. The third kappa shape index (κ3) is 3.73. The molecule has 0 saturated carbocycles. The van der Waals surface area contributed by atoms with Crippen molar-refractivity contribution in [3.05, 3.63) is 39.1 Å². The van der Waals surface area contributed by atoms with Crippen molar-refractivity contribution < 1.29 is 0 Å². The molecule has 0 fully saturated rings. The SMILES string of the molecule is CCCc1nc(-c2ccccc2CC)nc(NCC)c1I. The van der Waals surface area contributed by atoms with Crippen LogP contribution in [0.3, 0.4) is 0 Å². The van der Waals surface area contributed by atoms with Gasteiger partial charge in [-0.05, 0) is 47.9 Å². The molecular formula is C17H22IN3. The lowest BCUT2D eigenvalue weighted by Gasteiger charge is -2.13. The van der Waals surface area contributed by atoms with Gasteiger partial charge in [-0.2, -0.15) is 0 Å². The maximum atomic E-state index is 4.83. The summed E-state index contributed by atoms with van der Waals surface area (Å²) in [6.07, 6.45) is 3.07. The maximum Gasteiger partial charge on any atom is 0.162 e. The highest BCUT2D eigenvalue weighted by molar-refractivity contribution is 14.1. The van der Waals surface area contributed by atoms with Crippen molar-refractivity contribution in [2.45, 2.75) is 40.0 Å². The molecule has 0 radical (unpaired) electrons. The topological polar surface area (TPSA) is 37.8 Å². The predicted octanol–water partition coefficient (Wildman–Crippen LogP) is 4.69. The Labute approximate surface area is 140 Å². The molecule has 0 aliphatic rings. The molecule has 2 rings (SSSR count). The number of halogens is 1. The number of nitrogens with one attached hydrogen (secondary N) is 1. The molecule has 21 heavy (non-hydrogen) atoms. The van der Waals surface area contributed by atoms with Crippen molar-refractivity contribution in [1.29, 1.82) is 0 Å². The van der Waals surface area contributed by atoms with Gasteiger partial charge < -0.3 is 5.32 Å². The van der Waals surface area contributed by atoms with Crippen molar-refractivity contribution in [3.63, 3.8) is 0 Å². The molecule has 0 amide bonds. The molecule has 0 unspecified atom stereocenters. The van der Waals surface area contributed by atoms with Crippen LogP contribution >= 0.6 is 22.6 Å². The molecule has 0 atom stereocenters. The summed E-state index contributed by atoms with van der Waals surface area (Å²) in [6.45, 7) is 7.32. The molecule has 1 aromatic heterocycles.